The molecule has 5 heteroatoms. The van der Waals surface area contributed by atoms with Crippen molar-refractivity contribution in [3.05, 3.63) is 35.9 Å². The summed E-state index contributed by atoms with van der Waals surface area (Å²) in [7, 11) is 1.90. The Morgan fingerprint density at radius 1 is 1.32 bits per heavy atom. The standard InChI is InChI=1S/C17H26N2O3/c1-19(11-15-9-5-6-10-16(15)20)12-17(21)18-22-13-14-7-3-2-4-8-14/h2-4,7-8,15-16,20H,5-6,9-13H2,1H3,(H,18,21). The van der Waals surface area contributed by atoms with E-state index in [-0.39, 0.29) is 24.5 Å². The van der Waals surface area contributed by atoms with E-state index in [4.69, 9.17) is 4.84 Å². The summed E-state index contributed by atoms with van der Waals surface area (Å²) in [5.41, 5.74) is 3.48. The van der Waals surface area contributed by atoms with E-state index in [0.29, 0.717) is 6.61 Å². The summed E-state index contributed by atoms with van der Waals surface area (Å²) in [5, 5.41) is 9.97. The van der Waals surface area contributed by atoms with Crippen LogP contribution in [-0.4, -0.2) is 42.2 Å². The zero-order valence-corrected chi connectivity index (χ0v) is 13.2. The molecule has 2 rings (SSSR count). The molecule has 0 spiro atoms. The highest BCUT2D eigenvalue weighted by molar-refractivity contribution is 5.76. The van der Waals surface area contributed by atoms with Crippen molar-refractivity contribution in [3.63, 3.8) is 0 Å². The summed E-state index contributed by atoms with van der Waals surface area (Å²) in [4.78, 5) is 19.0. The van der Waals surface area contributed by atoms with Gasteiger partial charge in [0.15, 0.2) is 0 Å². The van der Waals surface area contributed by atoms with E-state index in [1.165, 1.54) is 6.42 Å². The van der Waals surface area contributed by atoms with E-state index < -0.39 is 0 Å². The lowest BCUT2D eigenvalue weighted by molar-refractivity contribution is -0.135. The van der Waals surface area contributed by atoms with Crippen LogP contribution < -0.4 is 5.48 Å². The Hall–Kier alpha value is -1.43. The van der Waals surface area contributed by atoms with Gasteiger partial charge in [-0.25, -0.2) is 5.48 Å². The number of nitrogens with one attached hydrogen (secondary N) is 1. The summed E-state index contributed by atoms with van der Waals surface area (Å²) in [5.74, 6) is 0.112. The second-order valence-corrected chi connectivity index (χ2v) is 6.11. The number of aliphatic hydroxyl groups is 1. The molecule has 122 valence electrons. The fraction of sp³-hybridized carbons (Fsp3) is 0.588. The maximum Gasteiger partial charge on any atom is 0.257 e. The van der Waals surface area contributed by atoms with Gasteiger partial charge in [-0.15, -0.1) is 0 Å². The minimum Gasteiger partial charge on any atom is -0.393 e. The van der Waals surface area contributed by atoms with Gasteiger partial charge in [-0.1, -0.05) is 43.2 Å². The molecule has 0 heterocycles. The largest absolute Gasteiger partial charge is 0.393 e. The first kappa shape index (κ1) is 16.9. The summed E-state index contributed by atoms with van der Waals surface area (Å²) >= 11 is 0. The topological polar surface area (TPSA) is 61.8 Å². The SMILES string of the molecule is CN(CC(=O)NOCc1ccccc1)CC1CCCCC1O. The molecule has 2 N–H and O–H groups in total. The van der Waals surface area contributed by atoms with E-state index in [1.54, 1.807) is 0 Å². The lowest BCUT2D eigenvalue weighted by Crippen LogP contribution is -2.40. The van der Waals surface area contributed by atoms with Gasteiger partial charge < -0.3 is 5.11 Å². The normalized spacial score (nSPS) is 21.8. The maximum atomic E-state index is 11.8. The summed E-state index contributed by atoms with van der Waals surface area (Å²) in [6.45, 7) is 1.38. The van der Waals surface area contributed by atoms with E-state index in [9.17, 15) is 9.90 Å². The van der Waals surface area contributed by atoms with Gasteiger partial charge in [-0.2, -0.15) is 0 Å². The molecule has 1 aromatic carbocycles. The van der Waals surface area contributed by atoms with Crippen LogP contribution >= 0.6 is 0 Å². The van der Waals surface area contributed by atoms with Gasteiger partial charge in [-0.05, 0) is 31.4 Å². The number of rotatable bonds is 7. The quantitative estimate of drug-likeness (QED) is 0.753. The molecule has 2 atom stereocenters. The van der Waals surface area contributed by atoms with E-state index in [0.717, 1.165) is 31.4 Å². The van der Waals surface area contributed by atoms with Crippen LogP contribution in [0.1, 0.15) is 31.2 Å². The first-order valence-electron chi connectivity index (χ1n) is 7.96. The van der Waals surface area contributed by atoms with Crippen molar-refractivity contribution in [2.24, 2.45) is 5.92 Å². The Labute approximate surface area is 132 Å². The number of hydrogen-bond donors (Lipinski definition) is 2. The molecular formula is C17H26N2O3. The Kier molecular flexibility index (Phi) is 6.83. The Bertz CT molecular complexity index is 452. The molecule has 0 aromatic heterocycles. The third-order valence-electron chi connectivity index (χ3n) is 4.10. The molecule has 0 bridgehead atoms. The maximum absolute atomic E-state index is 11.8. The van der Waals surface area contributed by atoms with E-state index in [1.807, 2.05) is 42.3 Å². The molecule has 1 amide bonds. The van der Waals surface area contributed by atoms with Crippen molar-refractivity contribution in [1.29, 1.82) is 0 Å². The van der Waals surface area contributed by atoms with Gasteiger partial charge in [0.05, 0.1) is 19.3 Å². The van der Waals surface area contributed by atoms with Gasteiger partial charge >= 0.3 is 0 Å². The average Bonchev–Trinajstić information content (AvgIpc) is 2.50. The molecule has 22 heavy (non-hydrogen) atoms. The first-order valence-corrected chi connectivity index (χ1v) is 7.96. The fourth-order valence-electron chi connectivity index (χ4n) is 2.92. The number of likely N-dealkylation sites (N-methyl/N-ethyl adjacent to an activating group) is 1. The zero-order chi connectivity index (χ0) is 15.8. The Morgan fingerprint density at radius 2 is 2.05 bits per heavy atom. The van der Waals surface area contributed by atoms with Crippen LogP contribution in [0.4, 0.5) is 0 Å². The Morgan fingerprint density at radius 3 is 2.77 bits per heavy atom. The predicted octanol–water partition coefficient (Wildman–Crippen LogP) is 1.72. The molecule has 0 radical (unpaired) electrons. The van der Waals surface area contributed by atoms with Crippen LogP contribution in [0, 0.1) is 5.92 Å². The van der Waals surface area contributed by atoms with Gasteiger partial charge in [0, 0.05) is 6.54 Å². The minimum atomic E-state index is -0.228. The minimum absolute atomic E-state index is 0.163. The number of nitrogens with zero attached hydrogens (tertiary/aromatic N) is 1. The van der Waals surface area contributed by atoms with Gasteiger partial charge in [-0.3, -0.25) is 14.5 Å². The van der Waals surface area contributed by atoms with Crippen molar-refractivity contribution in [2.75, 3.05) is 20.1 Å². The second kappa shape index (κ2) is 8.88. The molecule has 1 aliphatic carbocycles. The summed E-state index contributed by atoms with van der Waals surface area (Å²) < 4.78 is 0. The van der Waals surface area contributed by atoms with Crippen molar-refractivity contribution >= 4 is 5.91 Å². The molecular weight excluding hydrogens is 280 g/mol. The number of carbonyl (C=O) groups excluding carboxylic acids is 1. The van der Waals surface area contributed by atoms with Crippen molar-refractivity contribution in [3.8, 4) is 0 Å². The van der Waals surface area contributed by atoms with Crippen molar-refractivity contribution < 1.29 is 14.7 Å². The van der Waals surface area contributed by atoms with Crippen LogP contribution in [-0.2, 0) is 16.2 Å². The average molecular weight is 306 g/mol. The molecule has 1 fully saturated rings. The third kappa shape index (κ3) is 5.75. The second-order valence-electron chi connectivity index (χ2n) is 6.11. The predicted molar refractivity (Wildman–Crippen MR) is 84.8 cm³/mol. The highest BCUT2D eigenvalue weighted by Crippen LogP contribution is 2.24. The van der Waals surface area contributed by atoms with Gasteiger partial charge in [0.25, 0.3) is 5.91 Å². The van der Waals surface area contributed by atoms with Crippen molar-refractivity contribution in [1.82, 2.24) is 10.4 Å². The van der Waals surface area contributed by atoms with Gasteiger partial charge in [0.1, 0.15) is 0 Å². The fourth-order valence-corrected chi connectivity index (χ4v) is 2.92. The molecule has 5 nitrogen and oxygen atoms in total. The number of hydrogen-bond acceptors (Lipinski definition) is 4. The lowest BCUT2D eigenvalue weighted by Gasteiger charge is -2.30. The van der Waals surface area contributed by atoms with Gasteiger partial charge in [0.2, 0.25) is 0 Å². The molecule has 1 aromatic rings. The zero-order valence-electron chi connectivity index (χ0n) is 13.2. The summed E-state index contributed by atoms with van der Waals surface area (Å²) in [6, 6.07) is 9.70. The van der Waals surface area contributed by atoms with E-state index >= 15 is 0 Å². The number of hydroxylamine groups is 1. The molecule has 0 aliphatic heterocycles. The number of carbonyl (C=O) groups is 1. The smallest absolute Gasteiger partial charge is 0.257 e. The monoisotopic (exact) mass is 306 g/mol. The number of benzene rings is 1. The molecule has 2 unspecified atom stereocenters. The number of amides is 1. The summed E-state index contributed by atoms with van der Waals surface area (Å²) in [6.07, 6.45) is 3.97. The van der Waals surface area contributed by atoms with Crippen LogP contribution in [0.5, 0.6) is 0 Å². The third-order valence-corrected chi connectivity index (χ3v) is 4.10. The van der Waals surface area contributed by atoms with E-state index in [2.05, 4.69) is 5.48 Å². The number of aliphatic hydroxyl groups excluding tert-OH is 1. The van der Waals surface area contributed by atoms with Crippen LogP contribution in [0.15, 0.2) is 30.3 Å². The van der Waals surface area contributed by atoms with Crippen LogP contribution in [0.3, 0.4) is 0 Å². The Balaban J connectivity index is 1.63. The molecule has 1 aliphatic rings. The highest BCUT2D eigenvalue weighted by atomic mass is 16.6. The van der Waals surface area contributed by atoms with Crippen LogP contribution in [0.25, 0.3) is 0 Å². The lowest BCUT2D eigenvalue weighted by atomic mass is 9.86. The molecule has 1 saturated carbocycles. The first-order chi connectivity index (χ1) is 10.6. The van der Waals surface area contributed by atoms with Crippen molar-refractivity contribution in [2.45, 2.75) is 38.4 Å². The highest BCUT2D eigenvalue weighted by Gasteiger charge is 2.24. The van der Waals surface area contributed by atoms with Crippen LogP contribution in [0.2, 0.25) is 0 Å². The molecule has 0 saturated heterocycles.